The molecule has 6 aromatic rings. The zero-order chi connectivity index (χ0) is 62.3. The summed E-state index contributed by atoms with van der Waals surface area (Å²) in [7, 11) is 1.59. The highest BCUT2D eigenvalue weighted by molar-refractivity contribution is 5.68. The Morgan fingerprint density at radius 3 is 1.22 bits per heavy atom. The van der Waals surface area contributed by atoms with Gasteiger partial charge in [-0.1, -0.05) is 170 Å². The van der Waals surface area contributed by atoms with Crippen LogP contribution in [0.1, 0.15) is 61.1 Å². The molecule has 0 amide bonds. The molecule has 0 saturated carbocycles. The van der Waals surface area contributed by atoms with Crippen molar-refractivity contribution in [2.45, 2.75) is 159 Å². The van der Waals surface area contributed by atoms with Crippen molar-refractivity contribution in [2.75, 3.05) is 26.9 Å². The molecule has 3 saturated heterocycles. The minimum absolute atomic E-state index is 0.00959. The molecule has 0 spiro atoms. The third-order valence-corrected chi connectivity index (χ3v) is 15.0. The van der Waals surface area contributed by atoms with Gasteiger partial charge in [-0.3, -0.25) is 14.4 Å². The number of rotatable bonds is 31. The molecule has 19 heteroatoms. The molecule has 0 aromatic heterocycles. The van der Waals surface area contributed by atoms with Crippen LogP contribution in [0.25, 0.3) is 0 Å². The fourth-order valence-electron chi connectivity index (χ4n) is 10.8. The van der Waals surface area contributed by atoms with Gasteiger partial charge in [0.25, 0.3) is 0 Å². The molecule has 0 radical (unpaired) electrons. The second-order valence-electron chi connectivity index (χ2n) is 21.7. The van der Waals surface area contributed by atoms with Crippen molar-refractivity contribution in [3.05, 3.63) is 222 Å². The first-order valence-corrected chi connectivity index (χ1v) is 29.9. The van der Waals surface area contributed by atoms with E-state index in [0.717, 1.165) is 33.4 Å². The molecule has 3 aliphatic rings. The standard InChI is InChI=1S/C70H80O19/c1-7-37-77-68-66(81-43-54-31-21-12-22-32-54)63(89-69-65(80-42-53-29-19-11-20-30-53)62(79-41-52-27-17-10-18-28-52)59(46(2)82-69)78-40-51-25-15-9-16-26-51)61(58(86-68)45-76-39-55-33-35-56(74-6)36-34-55)88-70-67(85-49(5)73)64(84-48(4)72)60(83-47(3)71)57(87-70)44-75-38-50-23-13-8-14-24-50/h7-36,46,57-70H,1,37-45H2,2-6H3/t46-,57+,58+,59+,60-,61+,62+,63-,64-,65-,66+,67+,68+,69-,70-/m0/s1. The van der Waals surface area contributed by atoms with Crippen molar-refractivity contribution >= 4 is 17.9 Å². The molecule has 0 aliphatic carbocycles. The predicted molar refractivity (Wildman–Crippen MR) is 323 cm³/mol. The van der Waals surface area contributed by atoms with Gasteiger partial charge in [0.2, 0.25) is 0 Å². The lowest BCUT2D eigenvalue weighted by atomic mass is 9.95. The molecule has 3 aliphatic heterocycles. The van der Waals surface area contributed by atoms with Gasteiger partial charge in [0.15, 0.2) is 37.2 Å². The maximum Gasteiger partial charge on any atom is 0.303 e. The summed E-state index contributed by atoms with van der Waals surface area (Å²) >= 11 is 0. The van der Waals surface area contributed by atoms with E-state index in [1.807, 2.05) is 183 Å². The number of carbonyl (C=O) groups excluding carboxylic acids is 3. The highest BCUT2D eigenvalue weighted by Crippen LogP contribution is 2.39. The summed E-state index contributed by atoms with van der Waals surface area (Å²) in [5.41, 5.74) is 5.16. The Labute approximate surface area is 520 Å². The van der Waals surface area contributed by atoms with Gasteiger partial charge in [0, 0.05) is 20.8 Å². The van der Waals surface area contributed by atoms with E-state index < -0.39 is 110 Å². The third kappa shape index (κ3) is 19.4. The van der Waals surface area contributed by atoms with Gasteiger partial charge in [0.1, 0.15) is 54.6 Å². The van der Waals surface area contributed by atoms with Crippen LogP contribution in [0.4, 0.5) is 0 Å². The molecule has 3 heterocycles. The first-order valence-electron chi connectivity index (χ1n) is 29.9. The average molecular weight is 1230 g/mol. The van der Waals surface area contributed by atoms with Crippen molar-refractivity contribution in [3.8, 4) is 5.75 Å². The van der Waals surface area contributed by atoms with Crippen LogP contribution in [0, 0.1) is 0 Å². The zero-order valence-electron chi connectivity index (χ0n) is 50.8. The lowest BCUT2D eigenvalue weighted by Gasteiger charge is -2.51. The lowest BCUT2D eigenvalue weighted by Crippen LogP contribution is -2.68. The van der Waals surface area contributed by atoms with E-state index in [1.54, 1.807) is 13.2 Å². The predicted octanol–water partition coefficient (Wildman–Crippen LogP) is 9.73. The zero-order valence-corrected chi connectivity index (χ0v) is 50.8. The van der Waals surface area contributed by atoms with Crippen molar-refractivity contribution < 1.29 is 90.2 Å². The quantitative estimate of drug-likeness (QED) is 0.0226. The van der Waals surface area contributed by atoms with Gasteiger partial charge >= 0.3 is 17.9 Å². The minimum atomic E-state index is -1.65. The number of hydrogen-bond donors (Lipinski definition) is 0. The van der Waals surface area contributed by atoms with E-state index in [9.17, 15) is 14.4 Å². The highest BCUT2D eigenvalue weighted by atomic mass is 16.8. The van der Waals surface area contributed by atoms with Gasteiger partial charge in [-0.2, -0.15) is 0 Å². The second kappa shape index (κ2) is 34.1. The van der Waals surface area contributed by atoms with Crippen LogP contribution in [0.2, 0.25) is 0 Å². The molecule has 15 atom stereocenters. The molecule has 474 valence electrons. The Kier molecular flexibility index (Phi) is 25.4. The van der Waals surface area contributed by atoms with E-state index in [2.05, 4.69) is 6.58 Å². The first kappa shape index (κ1) is 66.2. The van der Waals surface area contributed by atoms with Gasteiger partial charge in [-0.25, -0.2) is 0 Å². The first-order chi connectivity index (χ1) is 43.4. The Balaban J connectivity index is 1.17. The SMILES string of the molecule is C=CCO[C@@H]1O[C@H](COCc2ccc(OC)cc2)[C@@H](O[C@@H]2O[C@H](COCc3ccccc3)[C@H](OC(C)=O)[C@H](OC(C)=O)[C@H]2OC(C)=O)[C@H](O[C@@H]2O[C@@H](C)[C@@H](OCc3ccccc3)[C@@H](OCc3ccccc3)[C@@H]2OCc2ccccc2)[C@H]1OCc1ccccc1. The summed E-state index contributed by atoms with van der Waals surface area (Å²) in [6.45, 7) is 9.77. The van der Waals surface area contributed by atoms with E-state index in [-0.39, 0.29) is 59.5 Å². The molecule has 0 N–H and O–H groups in total. The van der Waals surface area contributed by atoms with Gasteiger partial charge in [-0.15, -0.1) is 6.58 Å². The van der Waals surface area contributed by atoms with Crippen molar-refractivity contribution in [3.63, 3.8) is 0 Å². The second-order valence-corrected chi connectivity index (χ2v) is 21.7. The number of carbonyl (C=O) groups is 3. The van der Waals surface area contributed by atoms with Crippen LogP contribution in [0.3, 0.4) is 0 Å². The summed E-state index contributed by atoms with van der Waals surface area (Å²) in [5.74, 6) is -1.65. The van der Waals surface area contributed by atoms with Crippen LogP contribution >= 0.6 is 0 Å². The Hall–Kier alpha value is -7.21. The summed E-state index contributed by atoms with van der Waals surface area (Å²) in [5, 5.41) is 0. The van der Waals surface area contributed by atoms with Gasteiger partial charge < -0.3 is 75.8 Å². The minimum Gasteiger partial charge on any atom is -0.497 e. The maximum atomic E-state index is 13.4. The van der Waals surface area contributed by atoms with Crippen LogP contribution in [0.15, 0.2) is 189 Å². The summed E-state index contributed by atoms with van der Waals surface area (Å²) in [6, 6.07) is 55.6. The fraction of sp³-hybridized carbons (Fsp3) is 0.414. The van der Waals surface area contributed by atoms with Crippen LogP contribution in [-0.2, 0) is 125 Å². The van der Waals surface area contributed by atoms with E-state index in [1.165, 1.54) is 20.8 Å². The lowest BCUT2D eigenvalue weighted by molar-refractivity contribution is -0.394. The van der Waals surface area contributed by atoms with Crippen molar-refractivity contribution in [1.29, 1.82) is 0 Å². The van der Waals surface area contributed by atoms with Gasteiger partial charge in [0.05, 0.1) is 72.7 Å². The summed E-state index contributed by atoms with van der Waals surface area (Å²) < 4.78 is 107. The smallest absolute Gasteiger partial charge is 0.303 e. The molecular weight excluding hydrogens is 1140 g/mol. The number of ether oxygens (including phenoxy) is 16. The van der Waals surface area contributed by atoms with Crippen molar-refractivity contribution in [1.82, 2.24) is 0 Å². The largest absolute Gasteiger partial charge is 0.497 e. The summed E-state index contributed by atoms with van der Waals surface area (Å²) in [4.78, 5) is 39.7. The maximum absolute atomic E-state index is 13.4. The Morgan fingerprint density at radius 1 is 0.393 bits per heavy atom. The molecule has 6 aromatic carbocycles. The van der Waals surface area contributed by atoms with Crippen LogP contribution in [-0.4, -0.2) is 137 Å². The third-order valence-electron chi connectivity index (χ3n) is 15.0. The summed E-state index contributed by atoms with van der Waals surface area (Å²) in [6.07, 6.45) is -16.6. The van der Waals surface area contributed by atoms with Crippen LogP contribution < -0.4 is 4.74 Å². The van der Waals surface area contributed by atoms with Crippen molar-refractivity contribution in [2.24, 2.45) is 0 Å². The molecule has 0 bridgehead atoms. The molecule has 0 unspecified atom stereocenters. The average Bonchev–Trinajstić information content (AvgIpc) is 1.67. The topological polar surface area (TPSA) is 199 Å². The fourth-order valence-corrected chi connectivity index (χ4v) is 10.8. The Morgan fingerprint density at radius 2 is 0.764 bits per heavy atom. The Bertz CT molecular complexity index is 3050. The highest BCUT2D eigenvalue weighted by Gasteiger charge is 2.58. The van der Waals surface area contributed by atoms with E-state index in [4.69, 9.17) is 75.8 Å². The molecule has 9 rings (SSSR count). The number of benzene rings is 6. The van der Waals surface area contributed by atoms with Gasteiger partial charge in [-0.05, 0) is 52.4 Å². The molecular formula is C70H80O19. The normalized spacial score (nSPS) is 26.8. The molecule has 19 nitrogen and oxygen atoms in total. The number of hydrogen-bond acceptors (Lipinski definition) is 19. The van der Waals surface area contributed by atoms with E-state index in [0.29, 0.717) is 5.75 Å². The number of methoxy groups -OCH3 is 1. The van der Waals surface area contributed by atoms with Crippen LogP contribution in [0.5, 0.6) is 5.75 Å². The monoisotopic (exact) mass is 1220 g/mol. The van der Waals surface area contributed by atoms with E-state index >= 15 is 0 Å². The number of esters is 3. The molecule has 3 fully saturated rings. The molecule has 89 heavy (non-hydrogen) atoms.